The van der Waals surface area contributed by atoms with E-state index in [1.807, 2.05) is 35.0 Å². The number of aromatic nitrogens is 2. The number of Topliss-reactive ketones (excluding diaryl/α,β-unsaturated/α-hetero) is 1. The standard InChI is InChI=1S/C18H14ClN3OS/c19-15-6-3-9-21-18(15)24-12-17(23)14-11-22(10-4-8-20)16-7-2-1-5-13(14)16/h1-3,5-7,9,11H,4,10,12H2. The Labute approximate surface area is 149 Å². The van der Waals surface area contributed by atoms with Crippen molar-refractivity contribution in [3.8, 4) is 6.07 Å². The number of hydrogen-bond acceptors (Lipinski definition) is 4. The number of carbonyl (C=O) groups is 1. The van der Waals surface area contributed by atoms with Crippen LogP contribution in [0.3, 0.4) is 0 Å². The molecule has 0 saturated heterocycles. The summed E-state index contributed by atoms with van der Waals surface area (Å²) in [6, 6.07) is 13.4. The van der Waals surface area contributed by atoms with Gasteiger partial charge < -0.3 is 4.57 Å². The summed E-state index contributed by atoms with van der Waals surface area (Å²) in [6.07, 6.45) is 3.90. The Morgan fingerprint density at radius 2 is 2.12 bits per heavy atom. The monoisotopic (exact) mass is 355 g/mol. The molecule has 6 heteroatoms. The fourth-order valence-electron chi connectivity index (χ4n) is 2.51. The lowest BCUT2D eigenvalue weighted by Gasteiger charge is -2.02. The average molecular weight is 356 g/mol. The molecule has 0 aliphatic rings. The van der Waals surface area contributed by atoms with E-state index >= 15 is 0 Å². The van der Waals surface area contributed by atoms with Crippen molar-refractivity contribution >= 4 is 40.0 Å². The molecule has 2 aromatic heterocycles. The van der Waals surface area contributed by atoms with Crippen molar-refractivity contribution in [3.63, 3.8) is 0 Å². The second-order valence-corrected chi connectivity index (χ2v) is 6.53. The van der Waals surface area contributed by atoms with Crippen LogP contribution in [0.4, 0.5) is 0 Å². The van der Waals surface area contributed by atoms with Gasteiger partial charge in [-0.15, -0.1) is 0 Å². The summed E-state index contributed by atoms with van der Waals surface area (Å²) in [7, 11) is 0. The van der Waals surface area contributed by atoms with Crippen molar-refractivity contribution in [1.82, 2.24) is 9.55 Å². The molecule has 0 aliphatic heterocycles. The number of pyridine rings is 1. The van der Waals surface area contributed by atoms with Crippen molar-refractivity contribution in [2.24, 2.45) is 0 Å². The third kappa shape index (κ3) is 3.45. The van der Waals surface area contributed by atoms with E-state index in [1.54, 1.807) is 18.3 Å². The van der Waals surface area contributed by atoms with Gasteiger partial charge in [0, 0.05) is 35.4 Å². The predicted molar refractivity (Wildman–Crippen MR) is 96.5 cm³/mol. The highest BCUT2D eigenvalue weighted by Gasteiger charge is 2.16. The number of aryl methyl sites for hydroxylation is 1. The Bertz CT molecular complexity index is 929. The van der Waals surface area contributed by atoms with Crippen LogP contribution >= 0.6 is 23.4 Å². The third-order valence-electron chi connectivity index (χ3n) is 3.62. The maximum atomic E-state index is 12.7. The highest BCUT2D eigenvalue weighted by molar-refractivity contribution is 8.00. The van der Waals surface area contributed by atoms with Crippen LogP contribution in [0.5, 0.6) is 0 Å². The normalized spacial score (nSPS) is 10.7. The predicted octanol–water partition coefficient (Wildman–Crippen LogP) is 4.58. The van der Waals surface area contributed by atoms with Gasteiger partial charge in [0.25, 0.3) is 0 Å². The van der Waals surface area contributed by atoms with Crippen LogP contribution in [-0.4, -0.2) is 21.1 Å². The van der Waals surface area contributed by atoms with E-state index in [1.165, 1.54) is 11.8 Å². The lowest BCUT2D eigenvalue weighted by molar-refractivity contribution is 0.102. The maximum Gasteiger partial charge on any atom is 0.175 e. The van der Waals surface area contributed by atoms with E-state index in [4.69, 9.17) is 16.9 Å². The molecule has 24 heavy (non-hydrogen) atoms. The van der Waals surface area contributed by atoms with E-state index in [-0.39, 0.29) is 11.5 Å². The summed E-state index contributed by atoms with van der Waals surface area (Å²) in [5.74, 6) is 0.289. The number of carbonyl (C=O) groups excluding carboxylic acids is 1. The minimum atomic E-state index is 0.0219. The summed E-state index contributed by atoms with van der Waals surface area (Å²) in [6.45, 7) is 0.573. The third-order valence-corrected chi connectivity index (χ3v) is 5.04. The molecule has 0 amide bonds. The molecule has 0 radical (unpaired) electrons. The fourth-order valence-corrected chi connectivity index (χ4v) is 3.56. The smallest absolute Gasteiger partial charge is 0.175 e. The number of nitriles is 1. The number of halogens is 1. The Morgan fingerprint density at radius 3 is 2.92 bits per heavy atom. The number of benzene rings is 1. The summed E-state index contributed by atoms with van der Waals surface area (Å²) in [4.78, 5) is 16.8. The molecule has 2 heterocycles. The molecule has 0 N–H and O–H groups in total. The van der Waals surface area contributed by atoms with Crippen molar-refractivity contribution in [2.75, 3.05) is 5.75 Å². The molecule has 3 aromatic rings. The average Bonchev–Trinajstić information content (AvgIpc) is 2.98. The molecule has 0 atom stereocenters. The van der Waals surface area contributed by atoms with Gasteiger partial charge in [-0.3, -0.25) is 4.79 Å². The quantitative estimate of drug-likeness (QED) is 0.479. The van der Waals surface area contributed by atoms with Crippen molar-refractivity contribution in [2.45, 2.75) is 18.0 Å². The fraction of sp³-hybridized carbons (Fsp3) is 0.167. The summed E-state index contributed by atoms with van der Waals surface area (Å²) >= 11 is 7.41. The molecule has 120 valence electrons. The van der Waals surface area contributed by atoms with Crippen LogP contribution in [-0.2, 0) is 6.54 Å². The zero-order valence-corrected chi connectivity index (χ0v) is 14.3. The van der Waals surface area contributed by atoms with Gasteiger partial charge in [-0.05, 0) is 18.2 Å². The lowest BCUT2D eigenvalue weighted by Crippen LogP contribution is -2.02. The summed E-state index contributed by atoms with van der Waals surface area (Å²) in [5, 5.41) is 10.9. The Balaban J connectivity index is 1.84. The van der Waals surface area contributed by atoms with Crippen molar-refractivity contribution < 1.29 is 4.79 Å². The molecule has 3 rings (SSSR count). The largest absolute Gasteiger partial charge is 0.346 e. The van der Waals surface area contributed by atoms with Gasteiger partial charge in [-0.2, -0.15) is 5.26 Å². The van der Waals surface area contributed by atoms with Crippen LogP contribution in [0.1, 0.15) is 16.8 Å². The molecule has 0 unspecified atom stereocenters. The second-order valence-electron chi connectivity index (χ2n) is 5.16. The van der Waals surface area contributed by atoms with E-state index in [0.29, 0.717) is 28.6 Å². The van der Waals surface area contributed by atoms with Gasteiger partial charge in [-0.25, -0.2) is 4.98 Å². The molecular weight excluding hydrogens is 342 g/mol. The van der Waals surface area contributed by atoms with E-state index < -0.39 is 0 Å². The SMILES string of the molecule is N#CCCn1cc(C(=O)CSc2ncccc2Cl)c2ccccc21. The Hall–Kier alpha value is -2.29. The van der Waals surface area contributed by atoms with Gasteiger partial charge in [0.15, 0.2) is 5.78 Å². The molecule has 0 bridgehead atoms. The lowest BCUT2D eigenvalue weighted by atomic mass is 10.1. The van der Waals surface area contributed by atoms with Crippen LogP contribution in [0.15, 0.2) is 53.8 Å². The van der Waals surface area contributed by atoms with Gasteiger partial charge in [0.2, 0.25) is 0 Å². The molecule has 0 aliphatic carbocycles. The van der Waals surface area contributed by atoms with Crippen LogP contribution in [0.25, 0.3) is 10.9 Å². The first-order chi connectivity index (χ1) is 11.7. The number of hydrogen-bond donors (Lipinski definition) is 0. The zero-order chi connectivity index (χ0) is 16.9. The van der Waals surface area contributed by atoms with Crippen molar-refractivity contribution in [1.29, 1.82) is 5.26 Å². The zero-order valence-electron chi connectivity index (χ0n) is 12.8. The number of thioether (sulfide) groups is 1. The van der Waals surface area contributed by atoms with E-state index in [2.05, 4.69) is 11.1 Å². The molecule has 4 nitrogen and oxygen atoms in total. The minimum absolute atomic E-state index is 0.0219. The minimum Gasteiger partial charge on any atom is -0.346 e. The molecule has 0 saturated carbocycles. The van der Waals surface area contributed by atoms with Crippen LogP contribution < -0.4 is 0 Å². The first kappa shape index (κ1) is 16.6. The van der Waals surface area contributed by atoms with Gasteiger partial charge in [0.1, 0.15) is 5.03 Å². The first-order valence-electron chi connectivity index (χ1n) is 7.42. The molecular formula is C18H14ClN3OS. The Morgan fingerprint density at radius 1 is 1.29 bits per heavy atom. The van der Waals surface area contributed by atoms with E-state index in [0.717, 1.165) is 10.9 Å². The number of ketones is 1. The molecule has 1 aromatic carbocycles. The number of nitrogens with zero attached hydrogens (tertiary/aromatic N) is 3. The topological polar surface area (TPSA) is 58.7 Å². The number of fused-ring (bicyclic) bond motifs is 1. The van der Waals surface area contributed by atoms with Gasteiger partial charge in [-0.1, -0.05) is 41.6 Å². The summed E-state index contributed by atoms with van der Waals surface area (Å²) in [5.41, 5.74) is 1.64. The van der Waals surface area contributed by atoms with Gasteiger partial charge in [0.05, 0.1) is 23.3 Å². The maximum absolute atomic E-state index is 12.7. The highest BCUT2D eigenvalue weighted by atomic mass is 35.5. The highest BCUT2D eigenvalue weighted by Crippen LogP contribution is 2.27. The van der Waals surface area contributed by atoms with Gasteiger partial charge >= 0.3 is 0 Å². The van der Waals surface area contributed by atoms with Crippen LogP contribution in [0.2, 0.25) is 5.02 Å². The first-order valence-corrected chi connectivity index (χ1v) is 8.78. The molecule has 0 spiro atoms. The number of rotatable bonds is 6. The van der Waals surface area contributed by atoms with Crippen LogP contribution in [0, 0.1) is 11.3 Å². The van der Waals surface area contributed by atoms with Crippen molar-refractivity contribution in [3.05, 3.63) is 59.4 Å². The molecule has 0 fully saturated rings. The second kappa shape index (κ2) is 7.52. The summed E-state index contributed by atoms with van der Waals surface area (Å²) < 4.78 is 1.96. The number of para-hydroxylation sites is 1. The van der Waals surface area contributed by atoms with E-state index in [9.17, 15) is 4.79 Å². The Kier molecular flexibility index (Phi) is 5.19.